The van der Waals surface area contributed by atoms with E-state index in [0.29, 0.717) is 18.3 Å². The number of aliphatic hydroxyl groups is 1. The van der Waals surface area contributed by atoms with Gasteiger partial charge in [-0.25, -0.2) is 9.98 Å². The van der Waals surface area contributed by atoms with Crippen molar-refractivity contribution in [2.75, 3.05) is 19.6 Å². The van der Waals surface area contributed by atoms with Gasteiger partial charge in [-0.3, -0.25) is 0 Å². The highest BCUT2D eigenvalue weighted by Crippen LogP contribution is 2.22. The van der Waals surface area contributed by atoms with Crippen molar-refractivity contribution >= 4 is 29.9 Å². The van der Waals surface area contributed by atoms with Crippen LogP contribution in [-0.4, -0.2) is 40.3 Å². The molecule has 2 rings (SSSR count). The molecular formula is C16H26IN5O2. The number of halogens is 1. The van der Waals surface area contributed by atoms with Crippen LogP contribution in [0.25, 0.3) is 0 Å². The molecule has 0 aliphatic carbocycles. The van der Waals surface area contributed by atoms with Crippen LogP contribution in [0.2, 0.25) is 0 Å². The molecule has 0 aliphatic heterocycles. The van der Waals surface area contributed by atoms with E-state index < -0.39 is 5.60 Å². The molecule has 7 nitrogen and oxygen atoms in total. The van der Waals surface area contributed by atoms with E-state index in [9.17, 15) is 5.11 Å². The van der Waals surface area contributed by atoms with Gasteiger partial charge in [-0.05, 0) is 32.9 Å². The fraction of sp³-hybridized carbons (Fsp3) is 0.500. The third-order valence-electron chi connectivity index (χ3n) is 3.38. The second-order valence-electron chi connectivity index (χ2n) is 5.61. The Kier molecular flexibility index (Phi) is 8.26. The molecule has 2 aromatic heterocycles. The van der Waals surface area contributed by atoms with Gasteiger partial charge in [0, 0.05) is 32.0 Å². The molecule has 1 unspecified atom stereocenters. The van der Waals surface area contributed by atoms with Crippen molar-refractivity contribution < 1.29 is 9.52 Å². The summed E-state index contributed by atoms with van der Waals surface area (Å²) in [5.74, 6) is 1.96. The quantitative estimate of drug-likeness (QED) is 0.343. The Morgan fingerprint density at radius 2 is 2.21 bits per heavy atom. The molecule has 0 aromatic carbocycles. The minimum atomic E-state index is -1.14. The van der Waals surface area contributed by atoms with E-state index in [4.69, 9.17) is 4.42 Å². The van der Waals surface area contributed by atoms with Gasteiger partial charge < -0.3 is 24.7 Å². The molecule has 1 atom stereocenters. The number of nitrogens with one attached hydrogen (secondary N) is 2. The predicted octanol–water partition coefficient (Wildman–Crippen LogP) is 1.87. The van der Waals surface area contributed by atoms with Crippen LogP contribution in [0.5, 0.6) is 0 Å². The molecule has 134 valence electrons. The number of aryl methyl sites for hydroxylation is 1. The molecule has 0 fully saturated rings. The maximum atomic E-state index is 10.5. The first-order valence-electron chi connectivity index (χ1n) is 7.78. The van der Waals surface area contributed by atoms with E-state index in [-0.39, 0.29) is 30.5 Å². The van der Waals surface area contributed by atoms with Crippen molar-refractivity contribution in [3.8, 4) is 0 Å². The summed E-state index contributed by atoms with van der Waals surface area (Å²) in [5.41, 5.74) is -1.14. The molecule has 3 N–H and O–H groups in total. The van der Waals surface area contributed by atoms with Gasteiger partial charge in [-0.2, -0.15) is 0 Å². The molecule has 0 saturated heterocycles. The van der Waals surface area contributed by atoms with Crippen molar-refractivity contribution in [3.63, 3.8) is 0 Å². The topological polar surface area (TPSA) is 87.6 Å². The lowest BCUT2D eigenvalue weighted by Gasteiger charge is -2.19. The summed E-state index contributed by atoms with van der Waals surface area (Å²) in [6.07, 6.45) is 5.44. The first-order chi connectivity index (χ1) is 11.0. The number of guanidine groups is 1. The number of furan rings is 1. The van der Waals surface area contributed by atoms with Crippen molar-refractivity contribution in [3.05, 3.63) is 42.4 Å². The van der Waals surface area contributed by atoms with Gasteiger partial charge in [0.25, 0.3) is 0 Å². The van der Waals surface area contributed by atoms with Crippen LogP contribution in [0.15, 0.2) is 40.3 Å². The van der Waals surface area contributed by atoms with Crippen LogP contribution in [0.3, 0.4) is 0 Å². The van der Waals surface area contributed by atoms with E-state index in [0.717, 1.165) is 18.8 Å². The summed E-state index contributed by atoms with van der Waals surface area (Å²) in [6, 6.07) is 3.62. The van der Waals surface area contributed by atoms with E-state index in [1.807, 2.05) is 30.7 Å². The van der Waals surface area contributed by atoms with Gasteiger partial charge in [-0.15, -0.1) is 24.0 Å². The van der Waals surface area contributed by atoms with Crippen molar-refractivity contribution in [2.45, 2.75) is 32.9 Å². The second-order valence-corrected chi connectivity index (χ2v) is 5.61. The van der Waals surface area contributed by atoms with Crippen LogP contribution in [0.4, 0.5) is 0 Å². The maximum absolute atomic E-state index is 10.5. The minimum absolute atomic E-state index is 0. The first-order valence-corrected chi connectivity index (χ1v) is 7.78. The molecule has 24 heavy (non-hydrogen) atoms. The lowest BCUT2D eigenvalue weighted by atomic mass is 10.0. The molecule has 8 heteroatoms. The average molecular weight is 447 g/mol. The summed E-state index contributed by atoms with van der Waals surface area (Å²) in [6.45, 7) is 8.01. The number of hydrogen-bond acceptors (Lipinski definition) is 4. The molecule has 0 spiro atoms. The van der Waals surface area contributed by atoms with Gasteiger partial charge in [-0.1, -0.05) is 0 Å². The number of aromatic nitrogens is 2. The fourth-order valence-electron chi connectivity index (χ4n) is 2.10. The number of aliphatic imine (C=N–C) groups is 1. The highest BCUT2D eigenvalue weighted by atomic mass is 127. The zero-order valence-electron chi connectivity index (χ0n) is 14.3. The molecule has 0 amide bonds. The zero-order valence-corrected chi connectivity index (χ0v) is 16.7. The lowest BCUT2D eigenvalue weighted by Crippen LogP contribution is -2.40. The zero-order chi connectivity index (χ0) is 16.7. The van der Waals surface area contributed by atoms with Gasteiger partial charge in [0.1, 0.15) is 17.1 Å². The minimum Gasteiger partial charge on any atom is -0.463 e. The largest absolute Gasteiger partial charge is 0.463 e. The standard InChI is InChI=1S/C16H25N5O2.HI/c1-4-18-15(19-8-10-21-9-7-17-12-21)20-11-16(3,22)14-6-5-13(2)23-14;/h5-7,9,12,22H,4,8,10-11H2,1-3H3,(H2,18,19,20);1H. The Bertz CT molecular complexity index is 622. The number of rotatable bonds is 7. The lowest BCUT2D eigenvalue weighted by molar-refractivity contribution is 0.0428. The molecule has 2 heterocycles. The van der Waals surface area contributed by atoms with Gasteiger partial charge in [0.15, 0.2) is 5.96 Å². The van der Waals surface area contributed by atoms with Gasteiger partial charge in [0.05, 0.1) is 12.9 Å². The Morgan fingerprint density at radius 3 is 2.79 bits per heavy atom. The molecule has 0 bridgehead atoms. The highest BCUT2D eigenvalue weighted by Gasteiger charge is 2.26. The molecular weight excluding hydrogens is 421 g/mol. The monoisotopic (exact) mass is 447 g/mol. The van der Waals surface area contributed by atoms with Crippen LogP contribution in [-0.2, 0) is 12.1 Å². The summed E-state index contributed by atoms with van der Waals surface area (Å²) in [7, 11) is 0. The van der Waals surface area contributed by atoms with Crippen molar-refractivity contribution in [1.29, 1.82) is 0 Å². The molecule has 2 aromatic rings. The van der Waals surface area contributed by atoms with Crippen LogP contribution in [0, 0.1) is 6.92 Å². The van der Waals surface area contributed by atoms with Crippen LogP contribution in [0.1, 0.15) is 25.4 Å². The van der Waals surface area contributed by atoms with Crippen molar-refractivity contribution in [1.82, 2.24) is 20.2 Å². The highest BCUT2D eigenvalue weighted by molar-refractivity contribution is 14.0. The Morgan fingerprint density at radius 1 is 1.42 bits per heavy atom. The number of hydrogen-bond donors (Lipinski definition) is 3. The number of imidazole rings is 1. The number of nitrogens with zero attached hydrogens (tertiary/aromatic N) is 3. The molecule has 0 aliphatic rings. The second kappa shape index (κ2) is 9.67. The summed E-state index contributed by atoms with van der Waals surface area (Å²) < 4.78 is 7.48. The van der Waals surface area contributed by atoms with E-state index in [1.165, 1.54) is 0 Å². The Hall–Kier alpha value is -1.55. The Labute approximate surface area is 159 Å². The van der Waals surface area contributed by atoms with E-state index >= 15 is 0 Å². The summed E-state index contributed by atoms with van der Waals surface area (Å²) in [4.78, 5) is 8.46. The summed E-state index contributed by atoms with van der Waals surface area (Å²) >= 11 is 0. The maximum Gasteiger partial charge on any atom is 0.191 e. The van der Waals surface area contributed by atoms with Crippen LogP contribution >= 0.6 is 24.0 Å². The summed E-state index contributed by atoms with van der Waals surface area (Å²) in [5, 5.41) is 16.9. The smallest absolute Gasteiger partial charge is 0.191 e. The third kappa shape index (κ3) is 6.16. The fourth-order valence-corrected chi connectivity index (χ4v) is 2.10. The Balaban J connectivity index is 0.00000288. The van der Waals surface area contributed by atoms with Gasteiger partial charge in [0.2, 0.25) is 0 Å². The predicted molar refractivity (Wildman–Crippen MR) is 105 cm³/mol. The van der Waals surface area contributed by atoms with Gasteiger partial charge >= 0.3 is 0 Å². The van der Waals surface area contributed by atoms with E-state index in [1.54, 1.807) is 25.5 Å². The van der Waals surface area contributed by atoms with E-state index in [2.05, 4.69) is 20.6 Å². The normalized spacial score (nSPS) is 13.9. The molecule has 0 saturated carbocycles. The average Bonchev–Trinajstić information content (AvgIpc) is 3.16. The SMILES string of the molecule is CCNC(=NCC(C)(O)c1ccc(C)o1)NCCn1ccnc1.I. The first kappa shape index (κ1) is 20.5. The van der Waals surface area contributed by atoms with Crippen LogP contribution < -0.4 is 10.6 Å². The molecule has 0 radical (unpaired) electrons. The van der Waals surface area contributed by atoms with Crippen molar-refractivity contribution in [2.24, 2.45) is 4.99 Å². The third-order valence-corrected chi connectivity index (χ3v) is 3.38.